The predicted octanol–water partition coefficient (Wildman–Crippen LogP) is 3.65. The number of alkyl halides is 2. The van der Waals surface area contributed by atoms with E-state index < -0.39 is 22.8 Å². The largest absolute Gasteiger partial charge is 0.512 e. The van der Waals surface area contributed by atoms with Crippen LogP contribution in [0.2, 0.25) is 0 Å². The molecule has 0 radical (unpaired) electrons. The first-order valence-electron chi connectivity index (χ1n) is 6.31. The van der Waals surface area contributed by atoms with E-state index in [1.54, 1.807) is 18.4 Å². The summed E-state index contributed by atoms with van der Waals surface area (Å²) < 4.78 is 28.0. The number of fused-ring (bicyclic) bond motifs is 1. The summed E-state index contributed by atoms with van der Waals surface area (Å²) in [6, 6.07) is -0.424. The van der Waals surface area contributed by atoms with E-state index in [2.05, 4.69) is 4.99 Å². The highest BCUT2D eigenvalue weighted by atomic mass is 19.3. The predicted molar refractivity (Wildman–Crippen MR) is 66.1 cm³/mol. The van der Waals surface area contributed by atoms with Crippen molar-refractivity contribution in [2.75, 3.05) is 0 Å². The van der Waals surface area contributed by atoms with Crippen LogP contribution in [0.4, 0.5) is 8.78 Å². The van der Waals surface area contributed by atoms with Crippen molar-refractivity contribution in [3.05, 3.63) is 23.5 Å². The first-order valence-corrected chi connectivity index (χ1v) is 6.31. The van der Waals surface area contributed by atoms with Crippen LogP contribution in [-0.2, 0) is 0 Å². The fraction of sp³-hybridized carbons (Fsp3) is 0.643. The number of hydrogen-bond donors (Lipinski definition) is 1. The summed E-state index contributed by atoms with van der Waals surface area (Å²) in [7, 11) is 0. The minimum atomic E-state index is -2.73. The Labute approximate surface area is 105 Å². The molecule has 1 fully saturated rings. The van der Waals surface area contributed by atoms with E-state index in [4.69, 9.17) is 0 Å². The standard InChI is InChI=1S/C14H17F2NO/c1-12-7-14(12,13(2,15)16)11(17-8-12)9-3-5-10(18)6-4-9/h3,5,8,11,18H,4,6-7H2,1-2H3. The molecule has 1 N–H and O–H groups in total. The van der Waals surface area contributed by atoms with Crippen LogP contribution >= 0.6 is 0 Å². The van der Waals surface area contributed by atoms with Crippen molar-refractivity contribution in [2.24, 2.45) is 15.8 Å². The van der Waals surface area contributed by atoms with Gasteiger partial charge in [0.25, 0.3) is 5.92 Å². The molecule has 98 valence electrons. The maximum absolute atomic E-state index is 14.0. The van der Waals surface area contributed by atoms with E-state index in [1.807, 2.05) is 6.92 Å². The highest BCUT2D eigenvalue weighted by Gasteiger charge is 2.79. The fourth-order valence-electron chi connectivity index (χ4n) is 3.65. The van der Waals surface area contributed by atoms with Crippen molar-refractivity contribution < 1.29 is 13.9 Å². The summed E-state index contributed by atoms with van der Waals surface area (Å²) in [5.74, 6) is -2.41. The lowest BCUT2D eigenvalue weighted by molar-refractivity contribution is -0.0681. The molecule has 1 saturated carbocycles. The van der Waals surface area contributed by atoms with Crippen LogP contribution in [0.5, 0.6) is 0 Å². The van der Waals surface area contributed by atoms with Crippen LogP contribution in [0.1, 0.15) is 33.1 Å². The minimum Gasteiger partial charge on any atom is -0.512 e. The highest BCUT2D eigenvalue weighted by molar-refractivity contribution is 5.77. The van der Waals surface area contributed by atoms with Crippen molar-refractivity contribution in [3.63, 3.8) is 0 Å². The zero-order valence-electron chi connectivity index (χ0n) is 10.6. The van der Waals surface area contributed by atoms with Gasteiger partial charge in [-0.2, -0.15) is 0 Å². The van der Waals surface area contributed by atoms with Gasteiger partial charge in [-0.1, -0.05) is 13.0 Å². The Morgan fingerprint density at radius 1 is 1.39 bits per heavy atom. The number of aliphatic hydroxyl groups excluding tert-OH is 1. The number of hydrogen-bond acceptors (Lipinski definition) is 2. The Balaban J connectivity index is 1.97. The molecule has 1 aliphatic heterocycles. The van der Waals surface area contributed by atoms with Crippen LogP contribution in [0.15, 0.2) is 28.5 Å². The number of rotatable bonds is 2. The molecule has 0 bridgehead atoms. The second-order valence-electron chi connectivity index (χ2n) is 6.03. The van der Waals surface area contributed by atoms with Gasteiger partial charge in [0, 0.05) is 25.0 Å². The Kier molecular flexibility index (Phi) is 2.13. The smallest absolute Gasteiger partial charge is 0.254 e. The zero-order chi connectivity index (χ0) is 13.2. The summed E-state index contributed by atoms with van der Waals surface area (Å²) in [6.07, 6.45) is 6.74. The van der Waals surface area contributed by atoms with E-state index in [0.29, 0.717) is 25.0 Å². The third-order valence-electron chi connectivity index (χ3n) is 4.81. The molecular weight excluding hydrogens is 236 g/mol. The van der Waals surface area contributed by atoms with Crippen LogP contribution < -0.4 is 0 Å². The van der Waals surface area contributed by atoms with Crippen molar-refractivity contribution >= 4 is 6.21 Å². The lowest BCUT2D eigenvalue weighted by Gasteiger charge is -2.31. The van der Waals surface area contributed by atoms with E-state index in [-0.39, 0.29) is 0 Å². The third kappa shape index (κ3) is 1.29. The molecule has 0 spiro atoms. The van der Waals surface area contributed by atoms with Gasteiger partial charge in [0.05, 0.1) is 17.2 Å². The summed E-state index contributed by atoms with van der Waals surface area (Å²) in [5, 5.41) is 9.35. The van der Waals surface area contributed by atoms with Crippen molar-refractivity contribution in [1.29, 1.82) is 0 Å². The number of allylic oxidation sites excluding steroid dienone is 3. The molecule has 0 aromatic heterocycles. The fourth-order valence-corrected chi connectivity index (χ4v) is 3.65. The molecule has 2 nitrogen and oxygen atoms in total. The number of aliphatic hydroxyl groups is 1. The molecule has 18 heavy (non-hydrogen) atoms. The molecule has 3 atom stereocenters. The second-order valence-corrected chi connectivity index (χ2v) is 6.03. The van der Waals surface area contributed by atoms with E-state index >= 15 is 0 Å². The first-order chi connectivity index (χ1) is 8.30. The Hall–Kier alpha value is -1.19. The maximum atomic E-state index is 14.0. The lowest BCUT2D eigenvalue weighted by atomic mass is 9.79. The van der Waals surface area contributed by atoms with E-state index in [0.717, 1.165) is 12.5 Å². The van der Waals surface area contributed by atoms with E-state index in [9.17, 15) is 13.9 Å². The molecule has 1 heterocycles. The van der Waals surface area contributed by atoms with Gasteiger partial charge in [0.15, 0.2) is 0 Å². The summed E-state index contributed by atoms with van der Waals surface area (Å²) in [5.41, 5.74) is -0.570. The highest BCUT2D eigenvalue weighted by Crippen LogP contribution is 2.75. The lowest BCUT2D eigenvalue weighted by Crippen LogP contribution is -2.39. The topological polar surface area (TPSA) is 32.6 Å². The van der Waals surface area contributed by atoms with Gasteiger partial charge in [-0.25, -0.2) is 8.78 Å². The zero-order valence-corrected chi connectivity index (χ0v) is 10.6. The molecule has 2 aliphatic carbocycles. The van der Waals surface area contributed by atoms with Crippen molar-refractivity contribution in [1.82, 2.24) is 0 Å². The van der Waals surface area contributed by atoms with Gasteiger partial charge in [-0.3, -0.25) is 4.99 Å². The SMILES string of the molecule is CC(F)(F)C12CC1(C)C=NC2C1=CC=C(O)CC1. The average Bonchev–Trinajstić information content (AvgIpc) is 2.80. The summed E-state index contributed by atoms with van der Waals surface area (Å²) in [6.45, 7) is 2.88. The van der Waals surface area contributed by atoms with E-state index in [1.165, 1.54) is 0 Å². The second kappa shape index (κ2) is 3.22. The summed E-state index contributed by atoms with van der Waals surface area (Å²) in [4.78, 5) is 4.34. The van der Waals surface area contributed by atoms with Crippen LogP contribution in [0.25, 0.3) is 0 Å². The normalized spacial score (nSPS) is 42.3. The molecule has 3 rings (SSSR count). The average molecular weight is 253 g/mol. The van der Waals surface area contributed by atoms with Gasteiger partial charge >= 0.3 is 0 Å². The number of aliphatic imine (C=N–C) groups is 1. The molecule has 3 unspecified atom stereocenters. The van der Waals surface area contributed by atoms with Crippen LogP contribution in [-0.4, -0.2) is 23.3 Å². The molecule has 4 heteroatoms. The van der Waals surface area contributed by atoms with Gasteiger partial charge in [-0.05, 0) is 24.5 Å². The number of nitrogens with zero attached hydrogens (tertiary/aromatic N) is 1. The maximum Gasteiger partial charge on any atom is 0.254 e. The Morgan fingerprint density at radius 3 is 2.61 bits per heavy atom. The van der Waals surface area contributed by atoms with Gasteiger partial charge in [0.2, 0.25) is 0 Å². The molecule has 0 amide bonds. The quantitative estimate of drug-likeness (QED) is 0.800. The van der Waals surface area contributed by atoms with Crippen LogP contribution in [0.3, 0.4) is 0 Å². The van der Waals surface area contributed by atoms with Crippen molar-refractivity contribution in [3.8, 4) is 0 Å². The molecule has 3 aliphatic rings. The van der Waals surface area contributed by atoms with Gasteiger partial charge in [-0.15, -0.1) is 0 Å². The molecular formula is C14H17F2NO. The third-order valence-corrected chi connectivity index (χ3v) is 4.81. The summed E-state index contributed by atoms with van der Waals surface area (Å²) >= 11 is 0. The first kappa shape index (κ1) is 11.9. The van der Waals surface area contributed by atoms with Gasteiger partial charge in [0.1, 0.15) is 0 Å². The van der Waals surface area contributed by atoms with Crippen molar-refractivity contribution in [2.45, 2.75) is 45.1 Å². The molecule has 0 aromatic rings. The molecule has 0 saturated heterocycles. The monoisotopic (exact) mass is 253 g/mol. The van der Waals surface area contributed by atoms with Gasteiger partial charge < -0.3 is 5.11 Å². The Morgan fingerprint density at radius 2 is 2.11 bits per heavy atom. The molecule has 0 aromatic carbocycles. The van der Waals surface area contributed by atoms with Crippen LogP contribution in [0, 0.1) is 10.8 Å². The Bertz CT molecular complexity index is 489. The minimum absolute atomic E-state index is 0.316. The number of halogens is 2.